The van der Waals surface area contributed by atoms with Gasteiger partial charge in [-0.15, -0.1) is 27.8 Å². The molecule has 0 saturated carbocycles. The number of nitrogen functional groups attached to an aromatic ring is 1. The third kappa shape index (κ3) is 4.33. The molecule has 14 heteroatoms. The molecular formula is C25H27N7O5S2. The lowest BCUT2D eigenvalue weighted by molar-refractivity contribution is -0.730. The van der Waals surface area contributed by atoms with Gasteiger partial charge in [0.2, 0.25) is 5.52 Å². The molecule has 1 fully saturated rings. The molecule has 1 saturated heterocycles. The first-order chi connectivity index (χ1) is 18.5. The molecule has 3 aromatic rings. The van der Waals surface area contributed by atoms with E-state index in [0.29, 0.717) is 11.3 Å². The molecule has 39 heavy (non-hydrogen) atoms. The molecule has 2 atom stereocenters. The SMILES string of the molecule is CO/N=C(\C(=O)N[C@@H]1C(=O)N2C(C(=O)[O-])=C(Cn3c(C)c4ccc(C)c(C)c4[n+]3C)CS[C@H]12)c1csc(N)n1. The van der Waals surface area contributed by atoms with Gasteiger partial charge in [0, 0.05) is 16.7 Å². The number of hydrogen-bond acceptors (Lipinski definition) is 10. The number of carbonyl (C=O) groups excluding carboxylic acids is 3. The van der Waals surface area contributed by atoms with E-state index < -0.39 is 29.2 Å². The van der Waals surface area contributed by atoms with Gasteiger partial charge in [-0.3, -0.25) is 14.5 Å². The average Bonchev–Trinajstić information content (AvgIpc) is 3.43. The molecule has 2 aliphatic heterocycles. The predicted molar refractivity (Wildman–Crippen MR) is 144 cm³/mol. The highest BCUT2D eigenvalue weighted by Crippen LogP contribution is 2.40. The molecule has 204 valence electrons. The van der Waals surface area contributed by atoms with Crippen molar-refractivity contribution in [2.75, 3.05) is 18.6 Å². The van der Waals surface area contributed by atoms with Crippen LogP contribution in [0.15, 0.2) is 33.9 Å². The lowest BCUT2D eigenvalue weighted by atomic mass is 10.0. The minimum Gasteiger partial charge on any atom is -0.543 e. The first-order valence-electron chi connectivity index (χ1n) is 12.0. The number of aromatic nitrogens is 3. The predicted octanol–water partition coefficient (Wildman–Crippen LogP) is -0.116. The molecule has 2 aliphatic rings. The van der Waals surface area contributed by atoms with Crippen molar-refractivity contribution in [2.45, 2.75) is 38.7 Å². The first-order valence-corrected chi connectivity index (χ1v) is 13.9. The summed E-state index contributed by atoms with van der Waals surface area (Å²) in [6, 6.07) is 3.19. The summed E-state index contributed by atoms with van der Waals surface area (Å²) < 4.78 is 4.03. The van der Waals surface area contributed by atoms with Gasteiger partial charge < -0.3 is 25.8 Å². The van der Waals surface area contributed by atoms with Crippen LogP contribution in [0.1, 0.15) is 22.5 Å². The van der Waals surface area contributed by atoms with Crippen LogP contribution < -0.4 is 20.8 Å². The Bertz CT molecular complexity index is 1610. The van der Waals surface area contributed by atoms with E-state index in [1.165, 1.54) is 23.8 Å². The quantitative estimate of drug-likeness (QED) is 0.173. The van der Waals surface area contributed by atoms with Crippen LogP contribution in [0.2, 0.25) is 0 Å². The zero-order chi connectivity index (χ0) is 28.2. The molecule has 0 radical (unpaired) electrons. The third-order valence-corrected chi connectivity index (χ3v) is 9.21. The number of nitrogens with one attached hydrogen (secondary N) is 1. The lowest BCUT2D eigenvalue weighted by Gasteiger charge is -2.50. The average molecular weight is 570 g/mol. The van der Waals surface area contributed by atoms with Gasteiger partial charge in [-0.2, -0.15) is 4.68 Å². The van der Waals surface area contributed by atoms with E-state index in [4.69, 9.17) is 10.6 Å². The molecule has 3 N–H and O–H groups in total. The number of nitrogens with two attached hydrogens (primary N) is 1. The number of hydrogen-bond donors (Lipinski definition) is 2. The molecule has 0 spiro atoms. The number of oxime groups is 1. The van der Waals surface area contributed by atoms with E-state index in [0.717, 1.165) is 39.1 Å². The van der Waals surface area contributed by atoms with Crippen LogP contribution in [0.25, 0.3) is 10.9 Å². The Hall–Kier alpha value is -3.91. The van der Waals surface area contributed by atoms with Crippen LogP contribution in [0.4, 0.5) is 5.13 Å². The van der Waals surface area contributed by atoms with Gasteiger partial charge in [0.15, 0.2) is 17.9 Å². The van der Waals surface area contributed by atoms with Crippen LogP contribution >= 0.6 is 23.1 Å². The van der Waals surface area contributed by atoms with Crippen LogP contribution in [0.5, 0.6) is 0 Å². The van der Waals surface area contributed by atoms with E-state index in [2.05, 4.69) is 41.4 Å². The van der Waals surface area contributed by atoms with Crippen LogP contribution in [0.3, 0.4) is 0 Å². The fourth-order valence-corrected chi connectivity index (χ4v) is 6.98. The summed E-state index contributed by atoms with van der Waals surface area (Å²) >= 11 is 2.51. The van der Waals surface area contributed by atoms with Gasteiger partial charge in [0.05, 0.1) is 22.7 Å². The number of anilines is 1. The second kappa shape index (κ2) is 10.0. The van der Waals surface area contributed by atoms with Gasteiger partial charge in [-0.1, -0.05) is 11.2 Å². The molecule has 4 heterocycles. The molecule has 0 bridgehead atoms. The Morgan fingerprint density at radius 1 is 1.33 bits per heavy atom. The summed E-state index contributed by atoms with van der Waals surface area (Å²) in [7, 11) is 3.22. The number of β-lactam (4-membered cyclic amide) rings is 1. The smallest absolute Gasteiger partial charge is 0.276 e. The number of carbonyl (C=O) groups is 3. The zero-order valence-corrected chi connectivity index (χ0v) is 23.6. The fourth-order valence-electron chi connectivity index (χ4n) is 5.10. The van der Waals surface area contributed by atoms with Crippen molar-refractivity contribution in [2.24, 2.45) is 12.2 Å². The van der Waals surface area contributed by atoms with Gasteiger partial charge in [0.25, 0.3) is 11.8 Å². The second-order valence-electron chi connectivity index (χ2n) is 9.36. The molecule has 5 rings (SSSR count). The van der Waals surface area contributed by atoms with Crippen molar-refractivity contribution in [1.29, 1.82) is 0 Å². The van der Waals surface area contributed by atoms with Crippen molar-refractivity contribution < 1.29 is 29.0 Å². The molecule has 0 unspecified atom stereocenters. The number of benzene rings is 1. The molecule has 1 aromatic carbocycles. The molecule has 0 aliphatic carbocycles. The fraction of sp³-hybridized carbons (Fsp3) is 0.360. The van der Waals surface area contributed by atoms with Crippen LogP contribution in [-0.2, 0) is 32.8 Å². The Balaban J connectivity index is 1.42. The zero-order valence-electron chi connectivity index (χ0n) is 22.0. The number of fused-ring (bicyclic) bond motifs is 2. The topological polar surface area (TPSA) is 159 Å². The molecule has 12 nitrogen and oxygen atoms in total. The monoisotopic (exact) mass is 569 g/mol. The van der Waals surface area contributed by atoms with E-state index in [-0.39, 0.29) is 28.8 Å². The lowest BCUT2D eigenvalue weighted by Crippen LogP contribution is -2.71. The largest absolute Gasteiger partial charge is 0.543 e. The van der Waals surface area contributed by atoms with Crippen molar-refractivity contribution >= 4 is 62.6 Å². The maximum absolute atomic E-state index is 13.2. The normalized spacial score (nSPS) is 19.3. The standard InChI is InChI=1S/C25H27N7O5S2/c1-11-6-7-15-13(3)31(30(4)19(15)12(11)2)8-14-9-38-23-18(22(34)32(23)20(14)24(35)36)28-21(33)17(29-37-5)16-10-39-25(26)27-16/h6-7,10,18,23H,8-9H2,1-5H3,(H3-,26,27,28,33,35,36)/b29-17-/t18-,23-/m1/s1. The van der Waals surface area contributed by atoms with E-state index >= 15 is 0 Å². The Kier molecular flexibility index (Phi) is 6.84. The summed E-state index contributed by atoms with van der Waals surface area (Å²) in [5.41, 5.74) is 10.5. The number of aryl methyl sites for hydroxylation is 4. The molecular weight excluding hydrogens is 542 g/mol. The summed E-state index contributed by atoms with van der Waals surface area (Å²) in [6.45, 7) is 6.38. The highest BCUT2D eigenvalue weighted by atomic mass is 32.2. The molecule has 2 amide bonds. The van der Waals surface area contributed by atoms with Gasteiger partial charge in [0.1, 0.15) is 30.8 Å². The van der Waals surface area contributed by atoms with Crippen LogP contribution in [-0.4, -0.2) is 62.3 Å². The Morgan fingerprint density at radius 2 is 2.08 bits per heavy atom. The number of nitrogens with zero attached hydrogens (tertiary/aromatic N) is 5. The van der Waals surface area contributed by atoms with Crippen molar-refractivity contribution in [3.63, 3.8) is 0 Å². The van der Waals surface area contributed by atoms with Gasteiger partial charge in [-0.05, 0) is 38.0 Å². The maximum atomic E-state index is 13.2. The number of amides is 2. The second-order valence-corrected chi connectivity index (χ2v) is 11.4. The minimum atomic E-state index is -1.43. The summed E-state index contributed by atoms with van der Waals surface area (Å²) in [6.07, 6.45) is 0. The van der Waals surface area contributed by atoms with E-state index in [9.17, 15) is 19.5 Å². The number of carboxylic acids is 1. The number of thioether (sulfide) groups is 1. The van der Waals surface area contributed by atoms with Crippen molar-refractivity contribution in [3.8, 4) is 0 Å². The molecule has 2 aromatic heterocycles. The number of carboxylic acid groups (broad SMARTS) is 1. The number of aliphatic carboxylic acids is 1. The minimum absolute atomic E-state index is 0.137. The Labute approximate surface area is 232 Å². The first kappa shape index (κ1) is 26.7. The highest BCUT2D eigenvalue weighted by molar-refractivity contribution is 8.00. The van der Waals surface area contributed by atoms with Crippen LogP contribution in [0, 0.1) is 20.8 Å². The third-order valence-electron chi connectivity index (χ3n) is 7.19. The van der Waals surface area contributed by atoms with E-state index in [1.807, 2.05) is 23.3 Å². The number of thiazole rings is 1. The summed E-state index contributed by atoms with van der Waals surface area (Å²) in [5.74, 6) is -2.32. The van der Waals surface area contributed by atoms with Gasteiger partial charge in [-0.25, -0.2) is 4.98 Å². The maximum Gasteiger partial charge on any atom is 0.276 e. The summed E-state index contributed by atoms with van der Waals surface area (Å²) in [5, 5.41) is 21.0. The highest BCUT2D eigenvalue weighted by Gasteiger charge is 2.53. The summed E-state index contributed by atoms with van der Waals surface area (Å²) in [4.78, 5) is 48.5. The van der Waals surface area contributed by atoms with Gasteiger partial charge >= 0.3 is 0 Å². The van der Waals surface area contributed by atoms with E-state index in [1.54, 1.807) is 5.38 Å². The number of rotatable bonds is 7. The van der Waals surface area contributed by atoms with Crippen molar-refractivity contribution in [1.82, 2.24) is 19.9 Å². The Morgan fingerprint density at radius 3 is 2.72 bits per heavy atom. The van der Waals surface area contributed by atoms with Crippen molar-refractivity contribution in [3.05, 3.63) is 51.3 Å².